The van der Waals surface area contributed by atoms with Gasteiger partial charge in [0.1, 0.15) is 6.61 Å². The van der Waals surface area contributed by atoms with Crippen molar-refractivity contribution >= 4 is 12.1 Å². The van der Waals surface area contributed by atoms with E-state index in [1.807, 2.05) is 0 Å². The first-order valence-corrected chi connectivity index (χ1v) is 3.79. The number of carboxylic acid groups (broad SMARTS) is 1. The summed E-state index contributed by atoms with van der Waals surface area (Å²) in [6.45, 7) is 0.486. The molecule has 13 heavy (non-hydrogen) atoms. The van der Waals surface area contributed by atoms with Crippen molar-refractivity contribution in [2.24, 2.45) is 0 Å². The van der Waals surface area contributed by atoms with E-state index in [0.717, 1.165) is 0 Å². The average Bonchev–Trinajstić information content (AvgIpc) is 2.00. The molecule has 0 saturated carbocycles. The molecule has 0 aromatic carbocycles. The highest BCUT2D eigenvalue weighted by Gasteiger charge is 2.32. The third kappa shape index (κ3) is 2.59. The highest BCUT2D eigenvalue weighted by atomic mass is 16.5. The normalized spacial score (nSPS) is 16.5. The smallest absolute Gasteiger partial charge is 0.409 e. The quantitative estimate of drug-likeness (QED) is 0.650. The van der Waals surface area contributed by atoms with Gasteiger partial charge in [-0.25, -0.2) is 9.59 Å². The Morgan fingerprint density at radius 3 is 2.62 bits per heavy atom. The van der Waals surface area contributed by atoms with Crippen LogP contribution in [-0.2, 0) is 14.3 Å². The van der Waals surface area contributed by atoms with Crippen LogP contribution in [0.2, 0.25) is 0 Å². The number of methoxy groups -OCH3 is 1. The van der Waals surface area contributed by atoms with Gasteiger partial charge >= 0.3 is 12.1 Å². The van der Waals surface area contributed by atoms with Crippen molar-refractivity contribution in [3.63, 3.8) is 0 Å². The van der Waals surface area contributed by atoms with E-state index in [2.05, 4.69) is 4.74 Å². The standard InChI is InChI=1S/C7H11NO5/c1-12-7(11)8-2-5(3-8)13-4-6(9)10/h5H,2-4H2,1H3,(H,9,10). The van der Waals surface area contributed by atoms with Crippen LogP contribution in [0.1, 0.15) is 0 Å². The molecule has 6 heteroatoms. The topological polar surface area (TPSA) is 76.1 Å². The molecule has 1 heterocycles. The molecule has 74 valence electrons. The van der Waals surface area contributed by atoms with Crippen molar-refractivity contribution in [3.05, 3.63) is 0 Å². The first-order valence-electron chi connectivity index (χ1n) is 3.79. The van der Waals surface area contributed by atoms with E-state index >= 15 is 0 Å². The van der Waals surface area contributed by atoms with Crippen LogP contribution >= 0.6 is 0 Å². The lowest BCUT2D eigenvalue weighted by Gasteiger charge is -2.37. The maximum Gasteiger partial charge on any atom is 0.409 e. The zero-order valence-electron chi connectivity index (χ0n) is 7.23. The average molecular weight is 189 g/mol. The Hall–Kier alpha value is -1.30. The summed E-state index contributed by atoms with van der Waals surface area (Å²) in [7, 11) is 1.30. The van der Waals surface area contributed by atoms with Gasteiger partial charge in [0.25, 0.3) is 0 Å². The van der Waals surface area contributed by atoms with Crippen LogP contribution < -0.4 is 0 Å². The Morgan fingerprint density at radius 1 is 1.54 bits per heavy atom. The van der Waals surface area contributed by atoms with Gasteiger partial charge in [-0.05, 0) is 0 Å². The lowest BCUT2D eigenvalue weighted by molar-refractivity contribution is -0.147. The predicted octanol–water partition coefficient (Wildman–Crippen LogP) is -0.462. The van der Waals surface area contributed by atoms with Crippen molar-refractivity contribution in [1.29, 1.82) is 0 Å². The number of carboxylic acids is 1. The summed E-state index contributed by atoms with van der Waals surface area (Å²) in [6, 6.07) is 0. The van der Waals surface area contributed by atoms with Gasteiger partial charge in [-0.3, -0.25) is 0 Å². The van der Waals surface area contributed by atoms with Gasteiger partial charge in [-0.2, -0.15) is 0 Å². The second kappa shape index (κ2) is 4.08. The molecule has 1 fully saturated rings. The molecule has 0 unspecified atom stereocenters. The van der Waals surface area contributed by atoms with Crippen LogP contribution in [0.15, 0.2) is 0 Å². The van der Waals surface area contributed by atoms with E-state index in [1.165, 1.54) is 12.0 Å². The number of likely N-dealkylation sites (tertiary alicyclic amines) is 1. The van der Waals surface area contributed by atoms with E-state index in [1.54, 1.807) is 0 Å². The lowest BCUT2D eigenvalue weighted by Crippen LogP contribution is -2.55. The fourth-order valence-corrected chi connectivity index (χ4v) is 1.01. The van der Waals surface area contributed by atoms with Gasteiger partial charge in [0, 0.05) is 0 Å². The zero-order chi connectivity index (χ0) is 9.84. The number of hydrogen-bond acceptors (Lipinski definition) is 4. The van der Waals surface area contributed by atoms with E-state index < -0.39 is 12.1 Å². The van der Waals surface area contributed by atoms with Crippen LogP contribution in [-0.4, -0.2) is 55.0 Å². The Labute approximate surface area is 75.0 Å². The second-order valence-electron chi connectivity index (χ2n) is 2.70. The number of aliphatic carboxylic acids is 1. The molecule has 0 spiro atoms. The minimum atomic E-state index is -1.00. The number of rotatable bonds is 3. The summed E-state index contributed by atoms with van der Waals surface area (Å²) >= 11 is 0. The Kier molecular flexibility index (Phi) is 3.07. The maximum atomic E-state index is 10.8. The molecule has 0 radical (unpaired) electrons. The molecule has 0 aliphatic carbocycles. The second-order valence-corrected chi connectivity index (χ2v) is 2.70. The van der Waals surface area contributed by atoms with Crippen molar-refractivity contribution < 1.29 is 24.2 Å². The SMILES string of the molecule is COC(=O)N1CC(OCC(=O)O)C1. The lowest BCUT2D eigenvalue weighted by atomic mass is 10.2. The van der Waals surface area contributed by atoms with E-state index in [0.29, 0.717) is 13.1 Å². The molecule has 6 nitrogen and oxygen atoms in total. The van der Waals surface area contributed by atoms with Gasteiger partial charge in [0.05, 0.1) is 26.3 Å². The molecule has 0 bridgehead atoms. The molecule has 1 N–H and O–H groups in total. The predicted molar refractivity (Wildman–Crippen MR) is 41.4 cm³/mol. The first-order chi connectivity index (χ1) is 6.13. The fraction of sp³-hybridized carbons (Fsp3) is 0.714. The third-order valence-electron chi connectivity index (χ3n) is 1.72. The first kappa shape index (κ1) is 9.79. The molecular formula is C7H11NO5. The summed E-state index contributed by atoms with van der Waals surface area (Å²) in [5, 5.41) is 8.27. The van der Waals surface area contributed by atoms with Crippen LogP contribution in [0.5, 0.6) is 0 Å². The Morgan fingerprint density at radius 2 is 2.15 bits per heavy atom. The minimum absolute atomic E-state index is 0.171. The summed E-state index contributed by atoms with van der Waals surface area (Å²) in [5.74, 6) is -1.00. The number of carbonyl (C=O) groups excluding carboxylic acids is 1. The van der Waals surface area contributed by atoms with E-state index in [9.17, 15) is 9.59 Å². The summed E-state index contributed by atoms with van der Waals surface area (Å²) in [4.78, 5) is 22.3. The summed E-state index contributed by atoms with van der Waals surface area (Å²) in [6.07, 6.45) is -0.578. The molecule has 0 aromatic rings. The monoisotopic (exact) mass is 189 g/mol. The summed E-state index contributed by atoms with van der Waals surface area (Å²) < 4.78 is 9.36. The molecule has 0 aromatic heterocycles. The molecule has 1 aliphatic rings. The summed E-state index contributed by atoms with van der Waals surface area (Å²) in [5.41, 5.74) is 0. The highest BCUT2D eigenvalue weighted by molar-refractivity contribution is 5.69. The molecule has 1 rings (SSSR count). The van der Waals surface area contributed by atoms with Gasteiger partial charge in [0.2, 0.25) is 0 Å². The number of amides is 1. The van der Waals surface area contributed by atoms with Crippen molar-refractivity contribution in [2.45, 2.75) is 6.10 Å². The third-order valence-corrected chi connectivity index (χ3v) is 1.72. The molecule has 0 atom stereocenters. The number of nitrogens with zero attached hydrogens (tertiary/aromatic N) is 1. The largest absolute Gasteiger partial charge is 0.480 e. The van der Waals surface area contributed by atoms with Crippen LogP contribution in [0.4, 0.5) is 4.79 Å². The highest BCUT2D eigenvalue weighted by Crippen LogP contribution is 2.12. The van der Waals surface area contributed by atoms with Crippen LogP contribution in [0, 0.1) is 0 Å². The zero-order valence-corrected chi connectivity index (χ0v) is 7.23. The number of hydrogen-bond donors (Lipinski definition) is 1. The Balaban J connectivity index is 2.11. The van der Waals surface area contributed by atoms with Gasteiger partial charge in [-0.15, -0.1) is 0 Å². The van der Waals surface area contributed by atoms with Gasteiger partial charge < -0.3 is 19.5 Å². The van der Waals surface area contributed by atoms with E-state index in [-0.39, 0.29) is 12.7 Å². The van der Waals surface area contributed by atoms with Crippen LogP contribution in [0.3, 0.4) is 0 Å². The molecule has 1 aliphatic heterocycles. The maximum absolute atomic E-state index is 10.8. The fourth-order valence-electron chi connectivity index (χ4n) is 1.01. The van der Waals surface area contributed by atoms with E-state index in [4.69, 9.17) is 9.84 Å². The van der Waals surface area contributed by atoms with Crippen LogP contribution in [0.25, 0.3) is 0 Å². The minimum Gasteiger partial charge on any atom is -0.480 e. The van der Waals surface area contributed by atoms with Gasteiger partial charge in [0.15, 0.2) is 0 Å². The number of ether oxygens (including phenoxy) is 2. The van der Waals surface area contributed by atoms with Crippen molar-refractivity contribution in [1.82, 2.24) is 4.90 Å². The van der Waals surface area contributed by atoms with Crippen molar-refractivity contribution in [3.8, 4) is 0 Å². The number of carbonyl (C=O) groups is 2. The van der Waals surface area contributed by atoms with Gasteiger partial charge in [-0.1, -0.05) is 0 Å². The molecule has 1 amide bonds. The Bertz CT molecular complexity index is 211. The molecule has 1 saturated heterocycles. The van der Waals surface area contributed by atoms with Crippen molar-refractivity contribution in [2.75, 3.05) is 26.8 Å². The molecular weight excluding hydrogens is 178 g/mol.